The first-order valence-electron chi connectivity index (χ1n) is 17.1. The van der Waals surface area contributed by atoms with E-state index in [0.717, 1.165) is 69.7 Å². The number of likely N-dealkylation sites (N-methyl/N-ethyl adjacent to an activating group) is 2. The molecule has 0 aliphatic carbocycles. The van der Waals surface area contributed by atoms with Gasteiger partial charge in [-0.25, -0.2) is 0 Å². The van der Waals surface area contributed by atoms with Crippen molar-refractivity contribution in [3.63, 3.8) is 0 Å². The van der Waals surface area contributed by atoms with E-state index in [0.29, 0.717) is 17.6 Å². The molecule has 1 rings (SSSR count). The van der Waals surface area contributed by atoms with Crippen LogP contribution in [0, 0.1) is 0 Å². The van der Waals surface area contributed by atoms with Crippen molar-refractivity contribution in [2.24, 2.45) is 0 Å². The zero-order valence-electron chi connectivity index (χ0n) is 28.3. The van der Waals surface area contributed by atoms with Crippen LogP contribution in [-0.2, 0) is 9.59 Å². The van der Waals surface area contributed by atoms with Crippen molar-refractivity contribution in [1.29, 1.82) is 0 Å². The molecule has 0 atom stereocenters. The molecule has 0 radical (unpaired) electrons. The van der Waals surface area contributed by atoms with E-state index in [4.69, 9.17) is 0 Å². The molecule has 7 nitrogen and oxygen atoms in total. The lowest BCUT2D eigenvalue weighted by Gasteiger charge is -2.42. The fourth-order valence-electron chi connectivity index (χ4n) is 5.68. The molecule has 0 aromatic carbocycles. The number of carbonyl (C=O) groups excluding carboxylic acids is 2. The minimum Gasteiger partial charge on any atom is -1.00 e. The normalized spacial score (nSPS) is 15.0. The predicted molar refractivity (Wildman–Crippen MR) is 170 cm³/mol. The summed E-state index contributed by atoms with van der Waals surface area (Å²) in [5, 5.41) is 6.31. The zero-order valence-corrected chi connectivity index (χ0v) is 31.5. The van der Waals surface area contributed by atoms with Gasteiger partial charge < -0.3 is 53.6 Å². The molecule has 2 amide bonds. The number of halogens is 2. The highest BCUT2D eigenvalue weighted by molar-refractivity contribution is 5.77. The van der Waals surface area contributed by atoms with Crippen LogP contribution in [-0.4, -0.2) is 112 Å². The molecule has 9 heteroatoms. The second-order valence-corrected chi connectivity index (χ2v) is 13.5. The predicted octanol–water partition coefficient (Wildman–Crippen LogP) is -0.653. The van der Waals surface area contributed by atoms with Gasteiger partial charge in [0.15, 0.2) is 13.1 Å². The molecular formula is C33H69Br2N5O2. The molecular weight excluding hydrogens is 658 g/mol. The molecule has 2 N–H and O–H groups in total. The van der Waals surface area contributed by atoms with Crippen molar-refractivity contribution in [2.75, 3.05) is 86.6 Å². The first-order chi connectivity index (χ1) is 19.2. The number of rotatable bonds is 25. The topological polar surface area (TPSA) is 61.4 Å². The van der Waals surface area contributed by atoms with E-state index in [1.807, 2.05) is 0 Å². The number of hydrogen-bond acceptors (Lipinski definition) is 3. The summed E-state index contributed by atoms with van der Waals surface area (Å²) in [6.07, 6.45) is 20.7. The molecule has 1 saturated heterocycles. The van der Waals surface area contributed by atoms with Gasteiger partial charge in [-0.2, -0.15) is 0 Å². The highest BCUT2D eigenvalue weighted by Crippen LogP contribution is 2.12. The maximum absolute atomic E-state index is 12.6. The summed E-state index contributed by atoms with van der Waals surface area (Å²) >= 11 is 0. The van der Waals surface area contributed by atoms with Gasteiger partial charge in [-0.3, -0.25) is 14.5 Å². The van der Waals surface area contributed by atoms with E-state index >= 15 is 0 Å². The van der Waals surface area contributed by atoms with E-state index in [9.17, 15) is 9.59 Å². The molecule has 0 spiro atoms. The van der Waals surface area contributed by atoms with E-state index in [1.54, 1.807) is 0 Å². The average Bonchev–Trinajstić information content (AvgIpc) is 2.90. The molecule has 0 saturated carbocycles. The number of hydrogen-bond donors (Lipinski definition) is 2. The van der Waals surface area contributed by atoms with Crippen LogP contribution in [0.5, 0.6) is 0 Å². The van der Waals surface area contributed by atoms with Crippen LogP contribution in [0.3, 0.4) is 0 Å². The van der Waals surface area contributed by atoms with Crippen LogP contribution in [0.2, 0.25) is 0 Å². The molecule has 1 aliphatic rings. The summed E-state index contributed by atoms with van der Waals surface area (Å²) in [6.45, 7) is 13.3. The van der Waals surface area contributed by atoms with Crippen molar-refractivity contribution in [3.8, 4) is 0 Å². The third kappa shape index (κ3) is 24.1. The standard InChI is InChI=1S/C33H67N5O2.2BrH/c1-6-8-10-12-14-16-18-20-22-34-32(39)30-37(3,4)27-24-36-25-28-38(5,29-26-36)31-33(40)35-23-21-19-17-15-13-11-9-7-2;;/h6-31H2,1-5H3;2*1H. The fraction of sp³-hybridized carbons (Fsp3) is 0.939. The number of nitrogens with zero attached hydrogens (tertiary/aromatic N) is 3. The highest BCUT2D eigenvalue weighted by Gasteiger charge is 2.32. The molecule has 42 heavy (non-hydrogen) atoms. The van der Waals surface area contributed by atoms with Crippen molar-refractivity contribution in [1.82, 2.24) is 15.5 Å². The monoisotopic (exact) mass is 725 g/mol. The Morgan fingerprint density at radius 1 is 0.667 bits per heavy atom. The Hall–Kier alpha value is -0.220. The van der Waals surface area contributed by atoms with Gasteiger partial charge in [-0.05, 0) is 12.8 Å². The summed E-state index contributed by atoms with van der Waals surface area (Å²) in [5.74, 6) is 0.378. The van der Waals surface area contributed by atoms with Crippen LogP contribution in [0.1, 0.15) is 117 Å². The second kappa shape index (κ2) is 27.1. The minimum absolute atomic E-state index is 0. The van der Waals surface area contributed by atoms with Gasteiger partial charge >= 0.3 is 0 Å². The van der Waals surface area contributed by atoms with Gasteiger partial charge in [0.2, 0.25) is 0 Å². The van der Waals surface area contributed by atoms with Crippen LogP contribution in [0.25, 0.3) is 0 Å². The van der Waals surface area contributed by atoms with Gasteiger partial charge in [0, 0.05) is 32.7 Å². The molecule has 1 aliphatic heterocycles. The summed E-state index contributed by atoms with van der Waals surface area (Å²) in [4.78, 5) is 27.6. The van der Waals surface area contributed by atoms with Crippen LogP contribution < -0.4 is 44.6 Å². The van der Waals surface area contributed by atoms with Crippen molar-refractivity contribution in [3.05, 3.63) is 0 Å². The van der Waals surface area contributed by atoms with Gasteiger partial charge in [-0.15, -0.1) is 0 Å². The number of amides is 2. The molecule has 252 valence electrons. The summed E-state index contributed by atoms with van der Waals surface area (Å²) in [6, 6.07) is 0. The van der Waals surface area contributed by atoms with Crippen molar-refractivity contribution >= 4 is 11.8 Å². The second-order valence-electron chi connectivity index (χ2n) is 13.5. The summed E-state index contributed by atoms with van der Waals surface area (Å²) in [7, 11) is 6.55. The Labute approximate surface area is 282 Å². The SMILES string of the molecule is CCCCCCCCCCNC(=O)C[N+](C)(C)CCN1CC[N+](C)(CC(=O)NCCCCCCCCCC)CC1.[Br-].[Br-]. The summed E-state index contributed by atoms with van der Waals surface area (Å²) < 4.78 is 1.55. The lowest BCUT2D eigenvalue weighted by molar-refractivity contribution is -0.907. The van der Waals surface area contributed by atoms with E-state index < -0.39 is 0 Å². The first-order valence-corrected chi connectivity index (χ1v) is 17.1. The number of carbonyl (C=O) groups is 2. The number of piperazine rings is 1. The average molecular weight is 728 g/mol. The first kappa shape index (κ1) is 43.9. The van der Waals surface area contributed by atoms with E-state index in [2.05, 4.69) is 50.5 Å². The third-order valence-electron chi connectivity index (χ3n) is 8.74. The maximum Gasteiger partial charge on any atom is 0.275 e. The number of nitrogens with one attached hydrogen (secondary N) is 2. The Morgan fingerprint density at radius 2 is 1.07 bits per heavy atom. The van der Waals surface area contributed by atoms with Gasteiger partial charge in [-0.1, -0.05) is 104 Å². The number of unbranched alkanes of at least 4 members (excludes halogenated alkanes) is 14. The maximum atomic E-state index is 12.6. The fourth-order valence-corrected chi connectivity index (χ4v) is 5.68. The molecule has 0 aromatic rings. The van der Waals surface area contributed by atoms with Crippen molar-refractivity contribution in [2.45, 2.75) is 117 Å². The third-order valence-corrected chi connectivity index (χ3v) is 8.74. The smallest absolute Gasteiger partial charge is 0.275 e. The molecule has 1 heterocycles. The lowest BCUT2D eigenvalue weighted by Crippen LogP contribution is -3.00. The lowest BCUT2D eigenvalue weighted by atomic mass is 10.1. The molecule has 0 aromatic heterocycles. The number of quaternary nitrogens is 2. The molecule has 0 unspecified atom stereocenters. The Bertz CT molecular complexity index is 658. The molecule has 1 fully saturated rings. The van der Waals surface area contributed by atoms with Crippen LogP contribution >= 0.6 is 0 Å². The Balaban J connectivity index is 0. The molecule has 0 bridgehead atoms. The van der Waals surface area contributed by atoms with Crippen LogP contribution in [0.15, 0.2) is 0 Å². The van der Waals surface area contributed by atoms with E-state index in [-0.39, 0.29) is 45.8 Å². The Kier molecular flexibility index (Phi) is 28.4. The van der Waals surface area contributed by atoms with Gasteiger partial charge in [0.05, 0.1) is 40.8 Å². The zero-order chi connectivity index (χ0) is 29.5. The van der Waals surface area contributed by atoms with Gasteiger partial charge in [0.1, 0.15) is 0 Å². The quantitative estimate of drug-likeness (QED) is 0.0972. The van der Waals surface area contributed by atoms with Gasteiger partial charge in [0.25, 0.3) is 11.8 Å². The Morgan fingerprint density at radius 3 is 1.52 bits per heavy atom. The summed E-state index contributed by atoms with van der Waals surface area (Å²) in [5.41, 5.74) is 0. The van der Waals surface area contributed by atoms with Crippen molar-refractivity contribution < 1.29 is 52.5 Å². The highest BCUT2D eigenvalue weighted by atomic mass is 79.9. The van der Waals surface area contributed by atoms with E-state index in [1.165, 1.54) is 89.9 Å². The minimum atomic E-state index is 0. The van der Waals surface area contributed by atoms with Crippen LogP contribution in [0.4, 0.5) is 0 Å². The largest absolute Gasteiger partial charge is 1.00 e.